The molecule has 1 aromatic carbocycles. The smallest absolute Gasteiger partial charge is 0.243 e. The lowest BCUT2D eigenvalue weighted by molar-refractivity contribution is -0.136. The largest absolute Gasteiger partial charge is 0.351 e. The molecule has 2 fully saturated rings. The Morgan fingerprint density at radius 3 is 2.61 bits per heavy atom. The van der Waals surface area contributed by atoms with Gasteiger partial charge in [0.2, 0.25) is 11.8 Å². The van der Waals surface area contributed by atoms with Crippen molar-refractivity contribution in [1.82, 2.24) is 10.2 Å². The lowest BCUT2D eigenvalue weighted by atomic mass is 10.1. The average Bonchev–Trinajstić information content (AvgIpc) is 3.03. The van der Waals surface area contributed by atoms with E-state index in [9.17, 15) is 18.0 Å². The standard InChI is InChI=1S/C16H20N2O4S/c19-15-7-6-14(18(15)10-12-4-2-1-3-5-12)16(20)17-13-8-9-23(21,22)11-13/h1-5,13-14H,6-11H2,(H,17,20). The number of sulfone groups is 1. The van der Waals surface area contributed by atoms with Crippen LogP contribution < -0.4 is 5.32 Å². The monoisotopic (exact) mass is 336 g/mol. The van der Waals surface area contributed by atoms with E-state index < -0.39 is 15.9 Å². The first-order valence-corrected chi connectivity index (χ1v) is 9.61. The van der Waals surface area contributed by atoms with Crippen molar-refractivity contribution in [2.24, 2.45) is 0 Å². The van der Waals surface area contributed by atoms with E-state index in [4.69, 9.17) is 0 Å². The van der Waals surface area contributed by atoms with Crippen LogP contribution in [0.5, 0.6) is 0 Å². The van der Waals surface area contributed by atoms with Gasteiger partial charge in [0.05, 0.1) is 11.5 Å². The molecule has 2 aliphatic heterocycles. The van der Waals surface area contributed by atoms with Crippen molar-refractivity contribution in [3.05, 3.63) is 35.9 Å². The maximum Gasteiger partial charge on any atom is 0.243 e. The maximum atomic E-state index is 12.5. The lowest BCUT2D eigenvalue weighted by Gasteiger charge is -2.25. The Morgan fingerprint density at radius 2 is 1.96 bits per heavy atom. The molecule has 1 aromatic rings. The van der Waals surface area contributed by atoms with Crippen LogP contribution in [0.4, 0.5) is 0 Å². The zero-order valence-electron chi connectivity index (χ0n) is 12.8. The van der Waals surface area contributed by atoms with E-state index in [-0.39, 0.29) is 29.4 Å². The minimum atomic E-state index is -3.03. The van der Waals surface area contributed by atoms with Crippen molar-refractivity contribution >= 4 is 21.7 Å². The summed E-state index contributed by atoms with van der Waals surface area (Å²) in [5, 5.41) is 2.80. The summed E-state index contributed by atoms with van der Waals surface area (Å²) in [4.78, 5) is 26.1. The molecule has 0 spiro atoms. The van der Waals surface area contributed by atoms with Crippen LogP contribution in [-0.4, -0.2) is 48.7 Å². The molecule has 0 saturated carbocycles. The lowest BCUT2D eigenvalue weighted by Crippen LogP contribution is -2.48. The van der Waals surface area contributed by atoms with Crippen LogP contribution in [0.2, 0.25) is 0 Å². The van der Waals surface area contributed by atoms with Crippen molar-refractivity contribution in [3.63, 3.8) is 0 Å². The van der Waals surface area contributed by atoms with Crippen molar-refractivity contribution in [3.8, 4) is 0 Å². The summed E-state index contributed by atoms with van der Waals surface area (Å²) in [5.74, 6) is -0.158. The van der Waals surface area contributed by atoms with Crippen LogP contribution in [0.25, 0.3) is 0 Å². The number of carbonyl (C=O) groups excluding carboxylic acids is 2. The Kier molecular flexibility index (Phi) is 4.39. The molecule has 0 bridgehead atoms. The Morgan fingerprint density at radius 1 is 1.22 bits per heavy atom. The fraction of sp³-hybridized carbons (Fsp3) is 0.500. The van der Waals surface area contributed by atoms with Gasteiger partial charge in [0.1, 0.15) is 6.04 Å². The second-order valence-corrected chi connectivity index (χ2v) is 8.40. The number of carbonyl (C=O) groups is 2. The second-order valence-electron chi connectivity index (χ2n) is 6.17. The molecular weight excluding hydrogens is 316 g/mol. The fourth-order valence-electron chi connectivity index (χ4n) is 3.19. The second kappa shape index (κ2) is 6.31. The predicted octanol–water partition coefficient (Wildman–Crippen LogP) is 0.481. The number of benzene rings is 1. The van der Waals surface area contributed by atoms with Gasteiger partial charge in [0.15, 0.2) is 9.84 Å². The number of nitrogens with zero attached hydrogens (tertiary/aromatic N) is 1. The highest BCUT2D eigenvalue weighted by Crippen LogP contribution is 2.22. The van der Waals surface area contributed by atoms with Crippen LogP contribution in [0.1, 0.15) is 24.8 Å². The van der Waals surface area contributed by atoms with Crippen LogP contribution in [0.15, 0.2) is 30.3 Å². The number of hydrogen-bond acceptors (Lipinski definition) is 4. The fourth-order valence-corrected chi connectivity index (χ4v) is 4.86. The van der Waals surface area contributed by atoms with Gasteiger partial charge in [-0.3, -0.25) is 9.59 Å². The Labute approximate surface area is 135 Å². The third-order valence-corrected chi connectivity index (χ3v) is 6.17. The molecule has 2 amide bonds. The van der Waals surface area contributed by atoms with E-state index in [1.807, 2.05) is 30.3 Å². The Hall–Kier alpha value is -1.89. The van der Waals surface area contributed by atoms with Gasteiger partial charge < -0.3 is 10.2 Å². The van der Waals surface area contributed by atoms with Crippen molar-refractivity contribution in [2.75, 3.05) is 11.5 Å². The number of rotatable bonds is 4. The molecule has 2 saturated heterocycles. The van der Waals surface area contributed by atoms with E-state index in [1.54, 1.807) is 4.90 Å². The van der Waals surface area contributed by atoms with Gasteiger partial charge in [-0.25, -0.2) is 8.42 Å². The summed E-state index contributed by atoms with van der Waals surface area (Å²) in [7, 11) is -3.03. The van der Waals surface area contributed by atoms with Crippen LogP contribution in [0.3, 0.4) is 0 Å². The molecule has 2 aliphatic rings. The molecule has 1 N–H and O–H groups in total. The van der Waals surface area contributed by atoms with Gasteiger partial charge in [-0.1, -0.05) is 30.3 Å². The quantitative estimate of drug-likeness (QED) is 0.867. The predicted molar refractivity (Wildman–Crippen MR) is 85.2 cm³/mol. The van der Waals surface area contributed by atoms with Gasteiger partial charge in [-0.2, -0.15) is 0 Å². The van der Waals surface area contributed by atoms with Crippen LogP contribution in [0, 0.1) is 0 Å². The van der Waals surface area contributed by atoms with E-state index >= 15 is 0 Å². The summed E-state index contributed by atoms with van der Waals surface area (Å²) in [6.07, 6.45) is 1.29. The average molecular weight is 336 g/mol. The molecular formula is C16H20N2O4S. The topological polar surface area (TPSA) is 83.5 Å². The van der Waals surface area contributed by atoms with Gasteiger partial charge in [-0.15, -0.1) is 0 Å². The molecule has 0 aromatic heterocycles. The Balaban J connectivity index is 1.65. The van der Waals surface area contributed by atoms with Crippen LogP contribution >= 0.6 is 0 Å². The number of hydrogen-bond donors (Lipinski definition) is 1. The molecule has 23 heavy (non-hydrogen) atoms. The van der Waals surface area contributed by atoms with Crippen LogP contribution in [-0.2, 0) is 26.0 Å². The first-order chi connectivity index (χ1) is 10.9. The molecule has 0 aliphatic carbocycles. The summed E-state index contributed by atoms with van der Waals surface area (Å²) in [6, 6.07) is 8.70. The van der Waals surface area contributed by atoms with Gasteiger partial charge in [0.25, 0.3) is 0 Å². The summed E-state index contributed by atoms with van der Waals surface area (Å²) in [6.45, 7) is 0.403. The molecule has 2 atom stereocenters. The summed E-state index contributed by atoms with van der Waals surface area (Å²) in [5.41, 5.74) is 0.976. The molecule has 6 nitrogen and oxygen atoms in total. The Bertz CT molecular complexity index is 702. The van der Waals surface area contributed by atoms with Crippen molar-refractivity contribution in [1.29, 1.82) is 0 Å². The highest BCUT2D eigenvalue weighted by Gasteiger charge is 2.38. The number of nitrogens with one attached hydrogen (secondary N) is 1. The first kappa shape index (κ1) is 16.0. The first-order valence-electron chi connectivity index (χ1n) is 7.79. The molecule has 2 unspecified atom stereocenters. The molecule has 3 rings (SSSR count). The van der Waals surface area contributed by atoms with Gasteiger partial charge in [-0.05, 0) is 18.4 Å². The number of likely N-dealkylation sites (tertiary alicyclic amines) is 1. The molecule has 2 heterocycles. The van der Waals surface area contributed by atoms with Crippen molar-refractivity contribution < 1.29 is 18.0 Å². The zero-order chi connectivity index (χ0) is 16.4. The van der Waals surface area contributed by atoms with Gasteiger partial charge in [0, 0.05) is 19.0 Å². The highest BCUT2D eigenvalue weighted by molar-refractivity contribution is 7.91. The zero-order valence-corrected chi connectivity index (χ0v) is 13.6. The van der Waals surface area contributed by atoms with E-state index in [2.05, 4.69) is 5.32 Å². The van der Waals surface area contributed by atoms with Gasteiger partial charge >= 0.3 is 0 Å². The van der Waals surface area contributed by atoms with E-state index in [1.165, 1.54) is 0 Å². The normalized spacial score (nSPS) is 26.4. The minimum absolute atomic E-state index is 0.00189. The molecule has 0 radical (unpaired) electrons. The third-order valence-electron chi connectivity index (χ3n) is 4.41. The van der Waals surface area contributed by atoms with Crippen molar-refractivity contribution in [2.45, 2.75) is 37.9 Å². The van der Waals surface area contributed by atoms with E-state index in [0.717, 1.165) is 5.56 Å². The molecule has 124 valence electrons. The third kappa shape index (κ3) is 3.72. The SMILES string of the molecule is O=C(NC1CCS(=O)(=O)C1)C1CCC(=O)N1Cc1ccccc1. The summed E-state index contributed by atoms with van der Waals surface area (Å²) < 4.78 is 23.0. The maximum absolute atomic E-state index is 12.5. The van der Waals surface area contributed by atoms with E-state index in [0.29, 0.717) is 25.8 Å². The minimum Gasteiger partial charge on any atom is -0.351 e. The number of amides is 2. The highest BCUT2D eigenvalue weighted by atomic mass is 32.2. The molecule has 7 heteroatoms. The summed E-state index contributed by atoms with van der Waals surface area (Å²) >= 11 is 0.